The van der Waals surface area contributed by atoms with Crippen molar-refractivity contribution in [3.05, 3.63) is 36.4 Å². The zero-order valence-electron chi connectivity index (χ0n) is 9.55. The van der Waals surface area contributed by atoms with Gasteiger partial charge in [-0.05, 0) is 19.1 Å². The van der Waals surface area contributed by atoms with Gasteiger partial charge in [0.1, 0.15) is 17.9 Å². The van der Waals surface area contributed by atoms with Gasteiger partial charge in [0.25, 0.3) is 5.91 Å². The van der Waals surface area contributed by atoms with Crippen molar-refractivity contribution in [1.29, 1.82) is 0 Å². The van der Waals surface area contributed by atoms with E-state index in [1.807, 2.05) is 0 Å². The van der Waals surface area contributed by atoms with Gasteiger partial charge in [0.05, 0.1) is 0 Å². The molecular formula is C11H11FN4O2. The Bertz CT molecular complexity index is 530. The van der Waals surface area contributed by atoms with Crippen LogP contribution in [0.2, 0.25) is 0 Å². The highest BCUT2D eigenvalue weighted by molar-refractivity contribution is 5.92. The Morgan fingerprint density at radius 2 is 2.39 bits per heavy atom. The summed E-state index contributed by atoms with van der Waals surface area (Å²) in [5.41, 5.74) is 0. The molecule has 1 unspecified atom stereocenters. The average molecular weight is 250 g/mol. The van der Waals surface area contributed by atoms with Crippen LogP contribution < -0.4 is 10.1 Å². The molecule has 6 nitrogen and oxygen atoms in total. The maximum Gasteiger partial charge on any atom is 0.267 e. The molecule has 2 N–H and O–H groups in total. The molecule has 0 aliphatic heterocycles. The zero-order chi connectivity index (χ0) is 13.0. The smallest absolute Gasteiger partial charge is 0.267 e. The van der Waals surface area contributed by atoms with E-state index in [4.69, 9.17) is 4.74 Å². The molecule has 1 atom stereocenters. The van der Waals surface area contributed by atoms with Crippen molar-refractivity contribution in [1.82, 2.24) is 15.2 Å². The predicted molar refractivity (Wildman–Crippen MR) is 61.5 cm³/mol. The molecule has 2 aromatic rings. The van der Waals surface area contributed by atoms with Crippen LogP contribution in [0.25, 0.3) is 0 Å². The molecule has 2 rings (SSSR count). The summed E-state index contributed by atoms with van der Waals surface area (Å²) in [6.07, 6.45) is 0.491. The molecule has 1 aromatic heterocycles. The fraction of sp³-hybridized carbons (Fsp3) is 0.182. The standard InChI is InChI=1S/C11H11FN4O2/c1-7(10(17)15-11-13-6-14-16-11)18-9-4-2-3-8(12)5-9/h2-7H,1H3,(H2,13,14,15,16,17). The summed E-state index contributed by atoms with van der Waals surface area (Å²) in [6, 6.07) is 5.58. The van der Waals surface area contributed by atoms with Crippen LogP contribution in [0.15, 0.2) is 30.6 Å². The number of halogens is 1. The van der Waals surface area contributed by atoms with Crippen molar-refractivity contribution in [2.75, 3.05) is 5.32 Å². The van der Waals surface area contributed by atoms with Crippen LogP contribution in [0.5, 0.6) is 5.75 Å². The van der Waals surface area contributed by atoms with E-state index in [9.17, 15) is 9.18 Å². The first-order valence-electron chi connectivity index (χ1n) is 5.23. The number of ether oxygens (including phenoxy) is 1. The van der Waals surface area contributed by atoms with Crippen molar-refractivity contribution >= 4 is 11.9 Å². The summed E-state index contributed by atoms with van der Waals surface area (Å²) in [7, 11) is 0. The number of carbonyl (C=O) groups excluding carboxylic acids is 1. The van der Waals surface area contributed by atoms with E-state index in [1.54, 1.807) is 13.0 Å². The number of amides is 1. The molecule has 0 fully saturated rings. The van der Waals surface area contributed by atoms with Gasteiger partial charge in [-0.2, -0.15) is 10.1 Å². The number of benzene rings is 1. The van der Waals surface area contributed by atoms with Crippen molar-refractivity contribution < 1.29 is 13.9 Å². The number of H-pyrrole nitrogens is 1. The van der Waals surface area contributed by atoms with Crippen LogP contribution in [0.4, 0.5) is 10.3 Å². The lowest BCUT2D eigenvalue weighted by Crippen LogP contribution is -2.30. The third-order valence-electron chi connectivity index (χ3n) is 2.13. The Kier molecular flexibility index (Phi) is 3.52. The van der Waals surface area contributed by atoms with Gasteiger partial charge in [-0.15, -0.1) is 0 Å². The molecule has 18 heavy (non-hydrogen) atoms. The van der Waals surface area contributed by atoms with Crippen LogP contribution in [0, 0.1) is 5.82 Å². The van der Waals surface area contributed by atoms with E-state index < -0.39 is 17.8 Å². The summed E-state index contributed by atoms with van der Waals surface area (Å²) in [5, 5.41) is 8.55. The molecule has 0 aliphatic carbocycles. The van der Waals surface area contributed by atoms with Gasteiger partial charge in [-0.25, -0.2) is 9.49 Å². The largest absolute Gasteiger partial charge is 0.481 e. The van der Waals surface area contributed by atoms with Gasteiger partial charge in [-0.3, -0.25) is 10.1 Å². The molecule has 7 heteroatoms. The lowest BCUT2D eigenvalue weighted by atomic mass is 10.3. The number of carbonyl (C=O) groups is 1. The molecule has 0 saturated carbocycles. The Balaban J connectivity index is 1.95. The summed E-state index contributed by atoms with van der Waals surface area (Å²) >= 11 is 0. The predicted octanol–water partition coefficient (Wildman–Crippen LogP) is 1.35. The van der Waals surface area contributed by atoms with E-state index in [1.165, 1.54) is 24.5 Å². The zero-order valence-corrected chi connectivity index (χ0v) is 9.55. The maximum absolute atomic E-state index is 12.9. The molecule has 0 aliphatic rings. The van der Waals surface area contributed by atoms with Gasteiger partial charge in [-0.1, -0.05) is 6.07 Å². The summed E-state index contributed by atoms with van der Waals surface area (Å²) < 4.78 is 18.2. The van der Waals surface area contributed by atoms with E-state index in [2.05, 4.69) is 20.5 Å². The summed E-state index contributed by atoms with van der Waals surface area (Å²) in [5.74, 6) is -0.309. The Morgan fingerprint density at radius 1 is 1.56 bits per heavy atom. The van der Waals surface area contributed by atoms with Crippen LogP contribution in [-0.4, -0.2) is 27.2 Å². The maximum atomic E-state index is 12.9. The van der Waals surface area contributed by atoms with Crippen molar-refractivity contribution in [3.63, 3.8) is 0 Å². The molecule has 0 saturated heterocycles. The highest BCUT2D eigenvalue weighted by Crippen LogP contribution is 2.14. The van der Waals surface area contributed by atoms with Gasteiger partial charge >= 0.3 is 0 Å². The van der Waals surface area contributed by atoms with Crippen molar-refractivity contribution in [2.24, 2.45) is 0 Å². The molecule has 1 aromatic carbocycles. The SMILES string of the molecule is CC(Oc1cccc(F)c1)C(=O)Nc1ncn[nH]1. The second-order valence-corrected chi connectivity index (χ2v) is 3.54. The third-order valence-corrected chi connectivity index (χ3v) is 2.13. The van der Waals surface area contributed by atoms with Gasteiger partial charge in [0.15, 0.2) is 6.10 Å². The Morgan fingerprint density at radius 3 is 3.06 bits per heavy atom. The monoisotopic (exact) mass is 250 g/mol. The minimum atomic E-state index is -0.781. The molecular weight excluding hydrogens is 239 g/mol. The molecule has 0 radical (unpaired) electrons. The lowest BCUT2D eigenvalue weighted by Gasteiger charge is -2.13. The minimum absolute atomic E-state index is 0.231. The van der Waals surface area contributed by atoms with E-state index in [0.29, 0.717) is 0 Å². The highest BCUT2D eigenvalue weighted by Gasteiger charge is 2.15. The number of rotatable bonds is 4. The summed E-state index contributed by atoms with van der Waals surface area (Å²) in [6.45, 7) is 1.55. The topological polar surface area (TPSA) is 79.9 Å². The second kappa shape index (κ2) is 5.26. The average Bonchev–Trinajstić information content (AvgIpc) is 2.81. The Hall–Kier alpha value is -2.44. The fourth-order valence-electron chi connectivity index (χ4n) is 1.28. The first-order chi connectivity index (χ1) is 8.65. The van der Waals surface area contributed by atoms with E-state index >= 15 is 0 Å². The normalized spacial score (nSPS) is 11.9. The number of hydrogen-bond donors (Lipinski definition) is 2. The van der Waals surface area contributed by atoms with Gasteiger partial charge in [0.2, 0.25) is 5.95 Å². The van der Waals surface area contributed by atoms with Crippen LogP contribution in [0.3, 0.4) is 0 Å². The third kappa shape index (κ3) is 3.03. The summed E-state index contributed by atoms with van der Waals surface area (Å²) in [4.78, 5) is 15.4. The quantitative estimate of drug-likeness (QED) is 0.858. The molecule has 0 bridgehead atoms. The van der Waals surface area contributed by atoms with Gasteiger partial charge in [0, 0.05) is 6.07 Å². The molecule has 0 spiro atoms. The number of nitrogens with one attached hydrogen (secondary N) is 2. The first kappa shape index (κ1) is 12.0. The number of aromatic amines is 1. The molecule has 1 amide bonds. The van der Waals surface area contributed by atoms with Crippen molar-refractivity contribution in [2.45, 2.75) is 13.0 Å². The van der Waals surface area contributed by atoms with E-state index in [0.717, 1.165) is 0 Å². The Labute approximate surface area is 102 Å². The highest BCUT2D eigenvalue weighted by atomic mass is 19.1. The van der Waals surface area contributed by atoms with Crippen molar-refractivity contribution in [3.8, 4) is 5.75 Å². The van der Waals surface area contributed by atoms with E-state index in [-0.39, 0.29) is 11.7 Å². The number of nitrogens with zero attached hydrogens (tertiary/aromatic N) is 2. The van der Waals surface area contributed by atoms with Gasteiger partial charge < -0.3 is 4.74 Å². The van der Waals surface area contributed by atoms with Crippen LogP contribution in [0.1, 0.15) is 6.92 Å². The van der Waals surface area contributed by atoms with Crippen LogP contribution in [-0.2, 0) is 4.79 Å². The molecule has 94 valence electrons. The number of anilines is 1. The number of hydrogen-bond acceptors (Lipinski definition) is 4. The second-order valence-electron chi connectivity index (χ2n) is 3.54. The first-order valence-corrected chi connectivity index (χ1v) is 5.23. The number of aromatic nitrogens is 3. The van der Waals surface area contributed by atoms with Crippen LogP contribution >= 0.6 is 0 Å². The fourth-order valence-corrected chi connectivity index (χ4v) is 1.28. The molecule has 1 heterocycles. The lowest BCUT2D eigenvalue weighted by molar-refractivity contribution is -0.122. The minimum Gasteiger partial charge on any atom is -0.481 e.